The second-order valence-electron chi connectivity index (χ2n) is 4.97. The molecule has 0 heterocycles. The third-order valence-corrected chi connectivity index (χ3v) is 4.18. The molecule has 1 aliphatic carbocycles. The minimum absolute atomic E-state index is 0.0386. The number of nitrogens with zero attached hydrogens (tertiary/aromatic N) is 1. The molecule has 0 bridgehead atoms. The molecule has 1 atom stereocenters. The number of fused-ring (bicyclic) bond motifs is 1. The van der Waals surface area contributed by atoms with Gasteiger partial charge in [0.15, 0.2) is 5.82 Å². The topological polar surface area (TPSA) is 55.2 Å². The molecule has 2 aromatic rings. The van der Waals surface area contributed by atoms with Gasteiger partial charge in [-0.2, -0.15) is 0 Å². The van der Waals surface area contributed by atoms with Gasteiger partial charge in [-0.25, -0.2) is 4.39 Å². The molecule has 0 amide bonds. The first-order chi connectivity index (χ1) is 10.1. The second kappa shape index (κ2) is 5.44. The number of halogens is 2. The molecule has 0 saturated carbocycles. The number of nitro benzene ring substituents is 1. The Balaban J connectivity index is 1.95. The number of nitrogens with one attached hydrogen (secondary N) is 1. The van der Waals surface area contributed by atoms with Crippen LogP contribution in [0.15, 0.2) is 40.9 Å². The Hall–Kier alpha value is -1.95. The van der Waals surface area contributed by atoms with Crippen LogP contribution in [-0.4, -0.2) is 4.92 Å². The number of para-hydroxylation sites is 1. The van der Waals surface area contributed by atoms with Crippen LogP contribution >= 0.6 is 15.9 Å². The van der Waals surface area contributed by atoms with Gasteiger partial charge in [0.2, 0.25) is 0 Å². The molecular weight excluding hydrogens is 339 g/mol. The van der Waals surface area contributed by atoms with E-state index in [1.165, 1.54) is 23.8 Å². The summed E-state index contributed by atoms with van der Waals surface area (Å²) in [5.74, 6) is -0.602. The van der Waals surface area contributed by atoms with Crippen LogP contribution in [0.1, 0.15) is 23.6 Å². The van der Waals surface area contributed by atoms with Crippen molar-refractivity contribution in [3.8, 4) is 0 Å². The molecule has 6 heteroatoms. The Morgan fingerprint density at radius 1 is 1.33 bits per heavy atom. The van der Waals surface area contributed by atoms with Gasteiger partial charge in [-0.3, -0.25) is 10.1 Å². The number of benzene rings is 2. The van der Waals surface area contributed by atoms with Crippen LogP contribution in [0.4, 0.5) is 15.8 Å². The van der Waals surface area contributed by atoms with Crippen molar-refractivity contribution in [3.63, 3.8) is 0 Å². The fourth-order valence-electron chi connectivity index (χ4n) is 2.72. The lowest BCUT2D eigenvalue weighted by Gasteiger charge is -2.16. The summed E-state index contributed by atoms with van der Waals surface area (Å²) < 4.78 is 14.9. The predicted octanol–water partition coefficient (Wildman–Crippen LogP) is 4.60. The van der Waals surface area contributed by atoms with Gasteiger partial charge in [0.1, 0.15) is 5.69 Å². The van der Waals surface area contributed by atoms with E-state index in [2.05, 4.69) is 21.2 Å². The fourth-order valence-corrected chi connectivity index (χ4v) is 3.13. The average molecular weight is 351 g/mol. The summed E-state index contributed by atoms with van der Waals surface area (Å²) in [6, 6.07) is 9.70. The lowest BCUT2D eigenvalue weighted by Crippen LogP contribution is -2.10. The normalized spacial score (nSPS) is 16.6. The molecule has 2 aromatic carbocycles. The Morgan fingerprint density at radius 2 is 2.14 bits per heavy atom. The van der Waals surface area contributed by atoms with Crippen molar-refractivity contribution in [2.24, 2.45) is 0 Å². The highest BCUT2D eigenvalue weighted by Crippen LogP contribution is 2.38. The third kappa shape index (κ3) is 2.63. The highest BCUT2D eigenvalue weighted by atomic mass is 79.9. The minimum atomic E-state index is -0.602. The van der Waals surface area contributed by atoms with Gasteiger partial charge in [0.25, 0.3) is 5.69 Å². The van der Waals surface area contributed by atoms with Crippen LogP contribution < -0.4 is 5.32 Å². The van der Waals surface area contributed by atoms with Gasteiger partial charge in [-0.15, -0.1) is 0 Å². The Kier molecular flexibility index (Phi) is 3.63. The maximum atomic E-state index is 13.9. The number of hydrogen-bond donors (Lipinski definition) is 1. The van der Waals surface area contributed by atoms with E-state index in [1.54, 1.807) is 0 Å². The van der Waals surface area contributed by atoms with Crippen molar-refractivity contribution in [2.75, 3.05) is 5.32 Å². The molecule has 0 saturated heterocycles. The molecule has 1 aliphatic rings. The van der Waals surface area contributed by atoms with Crippen LogP contribution in [0.3, 0.4) is 0 Å². The van der Waals surface area contributed by atoms with E-state index in [0.717, 1.165) is 22.9 Å². The summed E-state index contributed by atoms with van der Waals surface area (Å²) in [6.07, 6.45) is 1.66. The van der Waals surface area contributed by atoms with Gasteiger partial charge < -0.3 is 5.32 Å². The molecule has 0 aromatic heterocycles. The van der Waals surface area contributed by atoms with E-state index in [0.29, 0.717) is 0 Å². The maximum absolute atomic E-state index is 13.9. The van der Waals surface area contributed by atoms with Crippen LogP contribution in [0.25, 0.3) is 0 Å². The zero-order valence-corrected chi connectivity index (χ0v) is 12.6. The SMILES string of the molecule is O=[N+]([O-])c1cccc(F)c1NC1CCc2cc(Br)ccc21. The van der Waals surface area contributed by atoms with Crippen LogP contribution in [-0.2, 0) is 6.42 Å². The second-order valence-corrected chi connectivity index (χ2v) is 5.89. The summed E-state index contributed by atoms with van der Waals surface area (Å²) >= 11 is 3.42. The summed E-state index contributed by atoms with van der Waals surface area (Å²) in [5.41, 5.74) is 1.97. The van der Waals surface area contributed by atoms with Gasteiger partial charge >= 0.3 is 0 Å². The number of hydrogen-bond acceptors (Lipinski definition) is 3. The van der Waals surface area contributed by atoms with Crippen LogP contribution in [0.2, 0.25) is 0 Å². The summed E-state index contributed by atoms with van der Waals surface area (Å²) in [6.45, 7) is 0. The number of nitro groups is 1. The van der Waals surface area contributed by atoms with E-state index in [1.807, 2.05) is 18.2 Å². The van der Waals surface area contributed by atoms with E-state index in [4.69, 9.17) is 0 Å². The predicted molar refractivity (Wildman–Crippen MR) is 81.9 cm³/mol. The Bertz CT molecular complexity index is 721. The number of anilines is 1. The summed E-state index contributed by atoms with van der Waals surface area (Å²) in [7, 11) is 0. The van der Waals surface area contributed by atoms with Crippen molar-refractivity contribution in [1.82, 2.24) is 0 Å². The van der Waals surface area contributed by atoms with E-state index < -0.39 is 10.7 Å². The highest BCUT2D eigenvalue weighted by molar-refractivity contribution is 9.10. The molecule has 4 nitrogen and oxygen atoms in total. The van der Waals surface area contributed by atoms with Gasteiger partial charge in [0.05, 0.1) is 11.0 Å². The molecule has 21 heavy (non-hydrogen) atoms. The van der Waals surface area contributed by atoms with Crippen LogP contribution in [0, 0.1) is 15.9 Å². The van der Waals surface area contributed by atoms with E-state index >= 15 is 0 Å². The Morgan fingerprint density at radius 3 is 2.90 bits per heavy atom. The first kappa shape index (κ1) is 14.0. The van der Waals surface area contributed by atoms with E-state index in [9.17, 15) is 14.5 Å². The van der Waals surface area contributed by atoms with Crippen molar-refractivity contribution in [1.29, 1.82) is 0 Å². The molecule has 1 unspecified atom stereocenters. The fraction of sp³-hybridized carbons (Fsp3) is 0.200. The molecular formula is C15H12BrFN2O2. The molecule has 0 spiro atoms. The zero-order valence-electron chi connectivity index (χ0n) is 11.0. The highest BCUT2D eigenvalue weighted by Gasteiger charge is 2.26. The van der Waals surface area contributed by atoms with Gasteiger partial charge in [0, 0.05) is 10.5 Å². The standard InChI is InChI=1S/C15H12BrFN2O2/c16-10-5-6-11-9(8-10)4-7-13(11)18-15-12(17)2-1-3-14(15)19(20)21/h1-3,5-6,8,13,18H,4,7H2. The van der Waals surface area contributed by atoms with E-state index in [-0.39, 0.29) is 17.4 Å². The molecule has 0 radical (unpaired) electrons. The van der Waals surface area contributed by atoms with Crippen molar-refractivity contribution in [2.45, 2.75) is 18.9 Å². The quantitative estimate of drug-likeness (QED) is 0.650. The van der Waals surface area contributed by atoms with Gasteiger partial charge in [-0.1, -0.05) is 28.1 Å². The lowest BCUT2D eigenvalue weighted by molar-refractivity contribution is -0.384. The maximum Gasteiger partial charge on any atom is 0.295 e. The van der Waals surface area contributed by atoms with Crippen molar-refractivity contribution in [3.05, 3.63) is 67.9 Å². The molecule has 0 aliphatic heterocycles. The Labute approximate surface area is 129 Å². The first-order valence-corrected chi connectivity index (χ1v) is 7.33. The number of rotatable bonds is 3. The number of aryl methyl sites for hydroxylation is 1. The van der Waals surface area contributed by atoms with Gasteiger partial charge in [-0.05, 0) is 42.2 Å². The summed E-state index contributed by atoms with van der Waals surface area (Å²) in [5, 5.41) is 14.0. The molecule has 108 valence electrons. The van der Waals surface area contributed by atoms with Crippen LogP contribution in [0.5, 0.6) is 0 Å². The lowest BCUT2D eigenvalue weighted by atomic mass is 10.1. The third-order valence-electron chi connectivity index (χ3n) is 3.69. The van der Waals surface area contributed by atoms with Crippen molar-refractivity contribution >= 4 is 27.3 Å². The van der Waals surface area contributed by atoms with Crippen molar-refractivity contribution < 1.29 is 9.31 Å². The summed E-state index contributed by atoms with van der Waals surface area (Å²) in [4.78, 5) is 10.5. The average Bonchev–Trinajstić information content (AvgIpc) is 2.83. The largest absolute Gasteiger partial charge is 0.370 e. The zero-order chi connectivity index (χ0) is 15.0. The molecule has 3 rings (SSSR count). The smallest absolute Gasteiger partial charge is 0.295 e. The molecule has 0 fully saturated rings. The monoisotopic (exact) mass is 350 g/mol. The molecule has 1 N–H and O–H groups in total. The first-order valence-electron chi connectivity index (χ1n) is 6.54. The minimum Gasteiger partial charge on any atom is -0.370 e.